The van der Waals surface area contributed by atoms with Crippen molar-refractivity contribution < 1.29 is 23.9 Å². The first-order valence-electron chi connectivity index (χ1n) is 9.21. The minimum atomic E-state index is -0.670. The van der Waals surface area contributed by atoms with Gasteiger partial charge in [0.2, 0.25) is 5.90 Å². The largest absolute Gasteiger partial charge is 0.490 e. The molecular formula is C21H19ClN2O6. The maximum Gasteiger partial charge on any atom is 0.363 e. The fourth-order valence-corrected chi connectivity index (χ4v) is 3.12. The van der Waals surface area contributed by atoms with Crippen LogP contribution in [0.15, 0.2) is 41.0 Å². The number of esters is 1. The quantitative estimate of drug-likeness (QED) is 0.273. The molecule has 8 nitrogen and oxygen atoms in total. The summed E-state index contributed by atoms with van der Waals surface area (Å²) in [6, 6.07) is 7.82. The first-order valence-corrected chi connectivity index (χ1v) is 9.59. The van der Waals surface area contributed by atoms with Gasteiger partial charge in [-0.05, 0) is 50.6 Å². The van der Waals surface area contributed by atoms with Crippen LogP contribution in [-0.4, -0.2) is 30.0 Å². The van der Waals surface area contributed by atoms with Crippen molar-refractivity contribution in [2.75, 3.05) is 13.2 Å². The van der Waals surface area contributed by atoms with Gasteiger partial charge in [0.1, 0.15) is 0 Å². The smallest absolute Gasteiger partial charge is 0.363 e. The molecule has 0 N–H and O–H groups in total. The SMILES string of the molecule is CCOc1cc(/C=C2\N=C(c3ccc(C)c([N+](=O)[O-])c3)OC2=O)cc(Cl)c1OCC. The molecule has 0 spiro atoms. The van der Waals surface area contributed by atoms with Crippen LogP contribution in [0.25, 0.3) is 6.08 Å². The molecule has 0 aliphatic carbocycles. The Bertz CT molecular complexity index is 1080. The van der Waals surface area contributed by atoms with Gasteiger partial charge >= 0.3 is 5.97 Å². The minimum Gasteiger partial charge on any atom is -0.490 e. The lowest BCUT2D eigenvalue weighted by Crippen LogP contribution is -2.06. The Kier molecular flexibility index (Phi) is 6.37. The summed E-state index contributed by atoms with van der Waals surface area (Å²) in [5.74, 6) is 0.198. The monoisotopic (exact) mass is 430 g/mol. The van der Waals surface area contributed by atoms with Crippen LogP contribution < -0.4 is 9.47 Å². The van der Waals surface area contributed by atoms with E-state index in [4.69, 9.17) is 25.8 Å². The lowest BCUT2D eigenvalue weighted by atomic mass is 10.1. The number of hydrogen-bond donors (Lipinski definition) is 0. The maximum atomic E-state index is 12.3. The van der Waals surface area contributed by atoms with E-state index in [0.29, 0.717) is 46.4 Å². The Hall–Kier alpha value is -3.39. The summed E-state index contributed by atoms with van der Waals surface area (Å²) < 4.78 is 16.3. The van der Waals surface area contributed by atoms with Gasteiger partial charge in [-0.1, -0.05) is 17.7 Å². The van der Waals surface area contributed by atoms with E-state index in [1.807, 2.05) is 13.8 Å². The summed E-state index contributed by atoms with van der Waals surface area (Å²) in [7, 11) is 0. The molecule has 9 heteroatoms. The van der Waals surface area contributed by atoms with Crippen LogP contribution in [0.1, 0.15) is 30.5 Å². The average Bonchev–Trinajstić information content (AvgIpc) is 3.05. The normalized spacial score (nSPS) is 14.5. The second kappa shape index (κ2) is 8.96. The van der Waals surface area contributed by atoms with E-state index >= 15 is 0 Å². The van der Waals surface area contributed by atoms with E-state index in [1.165, 1.54) is 12.1 Å². The van der Waals surface area contributed by atoms with Crippen LogP contribution >= 0.6 is 11.6 Å². The van der Waals surface area contributed by atoms with E-state index in [-0.39, 0.29) is 17.3 Å². The molecule has 2 aromatic carbocycles. The van der Waals surface area contributed by atoms with E-state index in [0.717, 1.165) is 0 Å². The zero-order chi connectivity index (χ0) is 21.8. The molecule has 1 aliphatic rings. The molecule has 3 rings (SSSR count). The van der Waals surface area contributed by atoms with Crippen molar-refractivity contribution in [3.8, 4) is 11.5 Å². The van der Waals surface area contributed by atoms with Crippen LogP contribution in [0.3, 0.4) is 0 Å². The lowest BCUT2D eigenvalue weighted by molar-refractivity contribution is -0.385. The second-order valence-corrected chi connectivity index (χ2v) is 6.70. The fraction of sp³-hybridized carbons (Fsp3) is 0.238. The van der Waals surface area contributed by atoms with Gasteiger partial charge in [-0.3, -0.25) is 10.1 Å². The molecule has 0 saturated carbocycles. The van der Waals surface area contributed by atoms with Gasteiger partial charge < -0.3 is 14.2 Å². The standard InChI is InChI=1S/C21H19ClN2O6/c1-4-28-18-10-13(8-15(22)19(18)29-5-2)9-16-21(25)30-20(23-16)14-7-6-12(3)17(11-14)24(26)27/h6-11H,4-5H2,1-3H3/b16-9-. The van der Waals surface area contributed by atoms with Crippen LogP contribution in [-0.2, 0) is 9.53 Å². The molecule has 0 aromatic heterocycles. The molecule has 30 heavy (non-hydrogen) atoms. The fourth-order valence-electron chi connectivity index (χ4n) is 2.85. The van der Waals surface area contributed by atoms with Crippen molar-refractivity contribution in [1.82, 2.24) is 0 Å². The number of nitro groups is 1. The number of cyclic esters (lactones) is 1. The number of halogens is 1. The molecule has 0 radical (unpaired) electrons. The highest BCUT2D eigenvalue weighted by molar-refractivity contribution is 6.32. The van der Waals surface area contributed by atoms with Crippen molar-refractivity contribution in [3.63, 3.8) is 0 Å². The number of benzene rings is 2. The Labute approximate surface area is 177 Å². The van der Waals surface area contributed by atoms with Crippen LogP contribution in [0, 0.1) is 17.0 Å². The molecule has 1 heterocycles. The molecule has 156 valence electrons. The first-order chi connectivity index (χ1) is 14.3. The number of carbonyl (C=O) groups is 1. The molecule has 0 amide bonds. The van der Waals surface area contributed by atoms with Gasteiger partial charge in [0, 0.05) is 17.2 Å². The lowest BCUT2D eigenvalue weighted by Gasteiger charge is -2.13. The maximum absolute atomic E-state index is 12.3. The number of nitrogens with zero attached hydrogens (tertiary/aromatic N) is 2. The van der Waals surface area contributed by atoms with Gasteiger partial charge in [0.15, 0.2) is 17.2 Å². The molecule has 0 atom stereocenters. The summed E-state index contributed by atoms with van der Waals surface area (Å²) in [6.07, 6.45) is 1.50. The highest BCUT2D eigenvalue weighted by Crippen LogP contribution is 2.37. The number of carbonyl (C=O) groups excluding carboxylic acids is 1. The Balaban J connectivity index is 1.98. The van der Waals surface area contributed by atoms with Crippen molar-refractivity contribution in [2.24, 2.45) is 4.99 Å². The number of rotatable bonds is 7. The van der Waals surface area contributed by atoms with Crippen molar-refractivity contribution in [2.45, 2.75) is 20.8 Å². The van der Waals surface area contributed by atoms with E-state index in [9.17, 15) is 14.9 Å². The van der Waals surface area contributed by atoms with Crippen LogP contribution in [0.5, 0.6) is 11.5 Å². The third kappa shape index (κ3) is 4.44. The third-order valence-electron chi connectivity index (χ3n) is 4.20. The molecule has 0 saturated heterocycles. The zero-order valence-electron chi connectivity index (χ0n) is 16.6. The summed E-state index contributed by atoms with van der Waals surface area (Å²) in [6.45, 7) is 6.12. The van der Waals surface area contributed by atoms with Crippen LogP contribution in [0.2, 0.25) is 5.02 Å². The molecule has 0 bridgehead atoms. The highest BCUT2D eigenvalue weighted by atomic mass is 35.5. The predicted molar refractivity (Wildman–Crippen MR) is 112 cm³/mol. The Morgan fingerprint density at radius 1 is 1.20 bits per heavy atom. The average molecular weight is 431 g/mol. The van der Waals surface area contributed by atoms with E-state index in [2.05, 4.69) is 4.99 Å². The second-order valence-electron chi connectivity index (χ2n) is 6.29. The molecule has 2 aromatic rings. The van der Waals surface area contributed by atoms with Crippen molar-refractivity contribution in [3.05, 3.63) is 67.9 Å². The molecular weight excluding hydrogens is 412 g/mol. The zero-order valence-corrected chi connectivity index (χ0v) is 17.4. The van der Waals surface area contributed by atoms with Gasteiger partial charge in [-0.2, -0.15) is 0 Å². The Morgan fingerprint density at radius 3 is 2.60 bits per heavy atom. The number of aliphatic imine (C=N–C) groups is 1. The summed E-state index contributed by atoms with van der Waals surface area (Å²) in [4.78, 5) is 27.1. The summed E-state index contributed by atoms with van der Waals surface area (Å²) in [5, 5.41) is 11.5. The van der Waals surface area contributed by atoms with Crippen LogP contribution in [0.4, 0.5) is 5.69 Å². The Morgan fingerprint density at radius 2 is 1.93 bits per heavy atom. The number of hydrogen-bond acceptors (Lipinski definition) is 7. The van der Waals surface area contributed by atoms with Gasteiger partial charge in [-0.25, -0.2) is 9.79 Å². The topological polar surface area (TPSA) is 100 Å². The highest BCUT2D eigenvalue weighted by Gasteiger charge is 2.26. The van der Waals surface area contributed by atoms with Crippen molar-refractivity contribution >= 4 is 35.2 Å². The predicted octanol–water partition coefficient (Wildman–Crippen LogP) is 4.70. The van der Waals surface area contributed by atoms with Gasteiger partial charge in [0.05, 0.1) is 23.2 Å². The number of ether oxygens (including phenoxy) is 3. The molecule has 1 aliphatic heterocycles. The van der Waals surface area contributed by atoms with E-state index in [1.54, 1.807) is 31.2 Å². The summed E-state index contributed by atoms with van der Waals surface area (Å²) in [5.41, 5.74) is 1.36. The van der Waals surface area contributed by atoms with E-state index < -0.39 is 10.9 Å². The molecule has 0 unspecified atom stereocenters. The number of nitro benzene ring substituents is 1. The third-order valence-corrected chi connectivity index (χ3v) is 4.48. The molecule has 0 fully saturated rings. The van der Waals surface area contributed by atoms with Gasteiger partial charge in [-0.15, -0.1) is 0 Å². The van der Waals surface area contributed by atoms with Crippen molar-refractivity contribution in [1.29, 1.82) is 0 Å². The number of aryl methyl sites for hydroxylation is 1. The minimum absolute atomic E-state index is 0.00332. The first kappa shape index (κ1) is 21.3. The van der Waals surface area contributed by atoms with Gasteiger partial charge in [0.25, 0.3) is 5.69 Å². The summed E-state index contributed by atoms with van der Waals surface area (Å²) >= 11 is 6.31.